The van der Waals surface area contributed by atoms with Crippen molar-refractivity contribution >= 4 is 79.7 Å². The molecule has 1 saturated heterocycles. The van der Waals surface area contributed by atoms with Crippen molar-refractivity contribution in [3.63, 3.8) is 0 Å². The Morgan fingerprint density at radius 3 is 2.46 bits per heavy atom. The summed E-state index contributed by atoms with van der Waals surface area (Å²) in [7, 11) is 0. The molecule has 9 heteroatoms. The predicted octanol–water partition coefficient (Wildman–Crippen LogP) is 7.04. The molecule has 3 rings (SSSR count). The van der Waals surface area contributed by atoms with Gasteiger partial charge in [0.25, 0.3) is 11.1 Å². The predicted molar refractivity (Wildman–Crippen MR) is 118 cm³/mol. The summed E-state index contributed by atoms with van der Waals surface area (Å²) in [6, 6.07) is 8.69. The molecule has 0 aliphatic carbocycles. The Hall–Kier alpha value is -1.18. The van der Waals surface area contributed by atoms with Gasteiger partial charge in [-0.2, -0.15) is 0 Å². The monoisotopic (exact) mass is 519 g/mol. The van der Waals surface area contributed by atoms with Gasteiger partial charge >= 0.3 is 0 Å². The molecule has 0 bridgehead atoms. The Kier molecular flexibility index (Phi) is 6.99. The number of imide groups is 1. The van der Waals surface area contributed by atoms with Crippen LogP contribution < -0.4 is 4.74 Å². The molecule has 146 valence electrons. The first-order chi connectivity index (χ1) is 13.3. The lowest BCUT2D eigenvalue weighted by Gasteiger charge is -2.12. The normalized spacial score (nSPS) is 15.6. The first-order valence-electron chi connectivity index (χ1n) is 8.11. The summed E-state index contributed by atoms with van der Waals surface area (Å²) in [6.07, 6.45) is 1.64. The van der Waals surface area contributed by atoms with Crippen molar-refractivity contribution < 1.29 is 14.3 Å². The van der Waals surface area contributed by atoms with Gasteiger partial charge in [-0.15, -0.1) is 0 Å². The van der Waals surface area contributed by atoms with Gasteiger partial charge in [0.15, 0.2) is 5.75 Å². The summed E-state index contributed by atoms with van der Waals surface area (Å²) >= 11 is 22.7. The van der Waals surface area contributed by atoms with Crippen LogP contribution in [0.1, 0.15) is 18.1 Å². The zero-order valence-corrected chi connectivity index (χ0v) is 19.1. The zero-order valence-electron chi connectivity index (χ0n) is 14.5. The van der Waals surface area contributed by atoms with E-state index in [1.54, 1.807) is 37.3 Å². The lowest BCUT2D eigenvalue weighted by atomic mass is 10.2. The average molecular weight is 522 g/mol. The molecule has 0 atom stereocenters. The van der Waals surface area contributed by atoms with Gasteiger partial charge < -0.3 is 4.74 Å². The Balaban J connectivity index is 1.79. The zero-order chi connectivity index (χ0) is 20.4. The molecule has 1 heterocycles. The number of carbonyl (C=O) groups excluding carboxylic acids is 2. The van der Waals surface area contributed by atoms with Crippen molar-refractivity contribution in [2.75, 3.05) is 6.54 Å². The third-order valence-electron chi connectivity index (χ3n) is 3.88. The standard InChI is InChI=1S/C19H13BrCl3NO3S/c1-2-24-18(25)16(28-19(24)26)8-11-5-12(20)17(15(23)7-11)27-9-10-3-4-13(21)14(22)6-10/h3-8H,2,9H2,1H3/b16-8+. The number of halogens is 4. The smallest absolute Gasteiger partial charge is 0.293 e. The van der Waals surface area contributed by atoms with Crippen molar-refractivity contribution in [1.29, 1.82) is 0 Å². The minimum Gasteiger partial charge on any atom is -0.486 e. The first-order valence-corrected chi connectivity index (χ1v) is 10.9. The second kappa shape index (κ2) is 9.09. The molecule has 1 aliphatic rings. The minimum absolute atomic E-state index is 0.254. The molecule has 2 aromatic rings. The van der Waals surface area contributed by atoms with Crippen LogP contribution in [0.25, 0.3) is 6.08 Å². The largest absolute Gasteiger partial charge is 0.486 e. The molecule has 4 nitrogen and oxygen atoms in total. The van der Waals surface area contributed by atoms with E-state index in [1.165, 1.54) is 4.90 Å². The lowest BCUT2D eigenvalue weighted by Crippen LogP contribution is -2.27. The summed E-state index contributed by atoms with van der Waals surface area (Å²) in [5.41, 5.74) is 1.52. The number of ether oxygens (including phenoxy) is 1. The number of likely N-dealkylation sites (N-methyl/N-ethyl adjacent to an activating group) is 1. The van der Waals surface area contributed by atoms with E-state index >= 15 is 0 Å². The van der Waals surface area contributed by atoms with Crippen molar-refractivity contribution in [2.45, 2.75) is 13.5 Å². The molecule has 0 saturated carbocycles. The minimum atomic E-state index is -0.301. The van der Waals surface area contributed by atoms with Gasteiger partial charge in [-0.05, 0) is 76.1 Å². The summed E-state index contributed by atoms with van der Waals surface area (Å²) in [6.45, 7) is 2.35. The fraction of sp³-hybridized carbons (Fsp3) is 0.158. The van der Waals surface area contributed by atoms with E-state index in [0.717, 1.165) is 17.3 Å². The van der Waals surface area contributed by atoms with Crippen LogP contribution in [0.4, 0.5) is 4.79 Å². The van der Waals surface area contributed by atoms with Crippen LogP contribution in [0, 0.1) is 0 Å². The number of carbonyl (C=O) groups is 2. The van der Waals surface area contributed by atoms with Gasteiger partial charge in [0.1, 0.15) is 6.61 Å². The van der Waals surface area contributed by atoms with Crippen LogP contribution in [0.15, 0.2) is 39.7 Å². The van der Waals surface area contributed by atoms with Crippen LogP contribution in [0.5, 0.6) is 5.75 Å². The SMILES string of the molecule is CCN1C(=O)S/C(=C/c2cc(Cl)c(OCc3ccc(Cl)c(Cl)c3)c(Br)c2)C1=O. The highest BCUT2D eigenvalue weighted by Crippen LogP contribution is 2.38. The fourth-order valence-electron chi connectivity index (χ4n) is 2.51. The highest BCUT2D eigenvalue weighted by Gasteiger charge is 2.33. The molecular weight excluding hydrogens is 509 g/mol. The maximum absolute atomic E-state index is 12.2. The summed E-state index contributed by atoms with van der Waals surface area (Å²) in [5, 5.41) is 1.02. The number of thioether (sulfide) groups is 1. The molecule has 0 radical (unpaired) electrons. The molecule has 0 spiro atoms. The Bertz CT molecular complexity index is 973. The van der Waals surface area contributed by atoms with Crippen molar-refractivity contribution in [3.8, 4) is 5.75 Å². The van der Waals surface area contributed by atoms with Gasteiger partial charge in [0.05, 0.1) is 24.4 Å². The quantitative estimate of drug-likeness (QED) is 0.396. The molecule has 2 amide bonds. The topological polar surface area (TPSA) is 46.6 Å². The van der Waals surface area contributed by atoms with Crippen LogP contribution >= 0.6 is 62.5 Å². The lowest BCUT2D eigenvalue weighted by molar-refractivity contribution is -0.122. The summed E-state index contributed by atoms with van der Waals surface area (Å²) in [4.78, 5) is 25.6. The molecule has 2 aromatic carbocycles. The van der Waals surface area contributed by atoms with Crippen LogP contribution in [0.3, 0.4) is 0 Å². The van der Waals surface area contributed by atoms with Gasteiger partial charge in [-0.1, -0.05) is 40.9 Å². The van der Waals surface area contributed by atoms with Crippen molar-refractivity contribution in [3.05, 3.63) is 65.9 Å². The molecule has 0 unspecified atom stereocenters. The van der Waals surface area contributed by atoms with Crippen molar-refractivity contribution in [1.82, 2.24) is 4.90 Å². The number of nitrogens with zero attached hydrogens (tertiary/aromatic N) is 1. The number of benzene rings is 2. The number of hydrogen-bond donors (Lipinski definition) is 0. The summed E-state index contributed by atoms with van der Waals surface area (Å²) in [5.74, 6) is 0.163. The van der Waals surface area contributed by atoms with Gasteiger partial charge in [-0.3, -0.25) is 14.5 Å². The number of rotatable bonds is 5. The first kappa shape index (κ1) is 21.5. The average Bonchev–Trinajstić information content (AvgIpc) is 2.90. The van der Waals surface area contributed by atoms with Crippen LogP contribution in [-0.4, -0.2) is 22.6 Å². The maximum atomic E-state index is 12.2. The number of hydrogen-bond acceptors (Lipinski definition) is 4. The van der Waals surface area contributed by atoms with Gasteiger partial charge in [0, 0.05) is 6.54 Å². The molecule has 0 aromatic heterocycles. The Morgan fingerprint density at radius 2 is 1.86 bits per heavy atom. The Morgan fingerprint density at radius 1 is 1.11 bits per heavy atom. The van der Waals surface area contributed by atoms with Crippen LogP contribution in [-0.2, 0) is 11.4 Å². The number of amides is 2. The maximum Gasteiger partial charge on any atom is 0.293 e. The van der Waals surface area contributed by atoms with E-state index in [9.17, 15) is 9.59 Å². The van der Waals surface area contributed by atoms with Gasteiger partial charge in [-0.25, -0.2) is 0 Å². The van der Waals surface area contributed by atoms with Crippen molar-refractivity contribution in [2.24, 2.45) is 0 Å². The molecule has 1 fully saturated rings. The molecule has 0 N–H and O–H groups in total. The Labute approximate surface area is 189 Å². The second-order valence-electron chi connectivity index (χ2n) is 5.78. The van der Waals surface area contributed by atoms with Crippen LogP contribution in [0.2, 0.25) is 15.1 Å². The second-order valence-corrected chi connectivity index (χ2v) is 8.85. The highest BCUT2D eigenvalue weighted by atomic mass is 79.9. The molecular formula is C19H13BrCl3NO3S. The van der Waals surface area contributed by atoms with Gasteiger partial charge in [0.2, 0.25) is 0 Å². The van der Waals surface area contributed by atoms with E-state index in [4.69, 9.17) is 39.5 Å². The van der Waals surface area contributed by atoms with E-state index in [-0.39, 0.29) is 17.8 Å². The highest BCUT2D eigenvalue weighted by molar-refractivity contribution is 9.10. The van der Waals surface area contributed by atoms with E-state index < -0.39 is 0 Å². The van der Waals surface area contributed by atoms with E-state index in [1.807, 2.05) is 6.07 Å². The summed E-state index contributed by atoms with van der Waals surface area (Å²) < 4.78 is 6.44. The third kappa shape index (κ3) is 4.69. The molecule has 1 aliphatic heterocycles. The third-order valence-corrected chi connectivity index (χ3v) is 6.39. The molecule has 28 heavy (non-hydrogen) atoms. The van der Waals surface area contributed by atoms with E-state index in [2.05, 4.69) is 15.9 Å². The fourth-order valence-corrected chi connectivity index (χ4v) is 4.72. The van der Waals surface area contributed by atoms with E-state index in [0.29, 0.717) is 42.3 Å².